The zero-order valence-electron chi connectivity index (χ0n) is 17.7. The summed E-state index contributed by atoms with van der Waals surface area (Å²) in [5.74, 6) is 0.208. The molecule has 3 rings (SSSR count). The summed E-state index contributed by atoms with van der Waals surface area (Å²) in [6, 6.07) is 8.65. The molecule has 1 aromatic rings. The van der Waals surface area contributed by atoms with Crippen molar-refractivity contribution in [3.05, 3.63) is 34.9 Å². The molecule has 1 aromatic carbocycles. The maximum atomic E-state index is 12.6. The van der Waals surface area contributed by atoms with Crippen LogP contribution in [-0.4, -0.2) is 24.0 Å². The molecule has 0 unspecified atom stereocenters. The van der Waals surface area contributed by atoms with Gasteiger partial charge in [0.1, 0.15) is 11.6 Å². The molecule has 1 heterocycles. The van der Waals surface area contributed by atoms with Crippen LogP contribution in [0.4, 0.5) is 5.69 Å². The minimum atomic E-state index is -0.239. The Kier molecular flexibility index (Phi) is 6.13. The lowest BCUT2D eigenvalue weighted by atomic mass is 9.79. The van der Waals surface area contributed by atoms with Crippen LogP contribution in [0.1, 0.15) is 83.3 Å². The van der Waals surface area contributed by atoms with Gasteiger partial charge in [-0.25, -0.2) is 0 Å². The average molecular weight is 380 g/mol. The summed E-state index contributed by atoms with van der Waals surface area (Å²) in [5, 5.41) is 12.6. The van der Waals surface area contributed by atoms with Gasteiger partial charge in [-0.15, -0.1) is 0 Å². The Morgan fingerprint density at radius 2 is 2.04 bits per heavy atom. The van der Waals surface area contributed by atoms with Crippen molar-refractivity contribution in [2.75, 3.05) is 11.4 Å². The molecule has 0 radical (unpaired) electrons. The van der Waals surface area contributed by atoms with E-state index in [1.54, 1.807) is 6.08 Å². The lowest BCUT2D eigenvalue weighted by Crippen LogP contribution is -2.48. The van der Waals surface area contributed by atoms with E-state index in [2.05, 4.69) is 56.1 Å². The van der Waals surface area contributed by atoms with Gasteiger partial charge in [0, 0.05) is 23.8 Å². The Bertz CT molecular complexity index is 797. The highest BCUT2D eigenvalue weighted by Gasteiger charge is 2.35. The SMILES string of the molecule is CCN1c2ccc(/C=C(/C#N)C(=O)NC3CCCCC3)cc2[C@@H](C)CC1(C)C. The molecule has 1 fully saturated rings. The number of amides is 1. The van der Waals surface area contributed by atoms with Crippen LogP contribution in [0.3, 0.4) is 0 Å². The van der Waals surface area contributed by atoms with Gasteiger partial charge in [-0.3, -0.25) is 4.79 Å². The van der Waals surface area contributed by atoms with Crippen LogP contribution < -0.4 is 10.2 Å². The van der Waals surface area contributed by atoms with Crippen molar-refractivity contribution in [2.45, 2.75) is 83.7 Å². The van der Waals surface area contributed by atoms with Gasteiger partial charge in [0.25, 0.3) is 5.91 Å². The van der Waals surface area contributed by atoms with E-state index in [0.717, 1.165) is 44.2 Å². The number of anilines is 1. The number of carbonyl (C=O) groups excluding carboxylic acids is 1. The molecule has 4 heteroatoms. The molecule has 0 bridgehead atoms. The first kappa shape index (κ1) is 20.5. The standard InChI is InChI=1S/C24H33N3O/c1-5-27-22-12-11-18(14-21(22)17(2)15-24(27,3)4)13-19(16-25)23(28)26-20-9-7-6-8-10-20/h11-14,17,20H,5-10,15H2,1-4H3,(H,26,28)/b19-13-/t17-/m0/s1. The number of nitrogens with one attached hydrogen (secondary N) is 1. The highest BCUT2D eigenvalue weighted by atomic mass is 16.1. The molecule has 1 atom stereocenters. The second-order valence-electron chi connectivity index (χ2n) is 8.96. The van der Waals surface area contributed by atoms with E-state index in [9.17, 15) is 10.1 Å². The molecule has 28 heavy (non-hydrogen) atoms. The van der Waals surface area contributed by atoms with Gasteiger partial charge in [0.2, 0.25) is 0 Å². The predicted molar refractivity (Wildman–Crippen MR) is 115 cm³/mol. The number of rotatable bonds is 4. The van der Waals surface area contributed by atoms with Gasteiger partial charge in [0.15, 0.2) is 0 Å². The van der Waals surface area contributed by atoms with Gasteiger partial charge >= 0.3 is 0 Å². The summed E-state index contributed by atoms with van der Waals surface area (Å²) >= 11 is 0. The third kappa shape index (κ3) is 4.24. The molecule has 150 valence electrons. The molecule has 1 aliphatic carbocycles. The molecule has 4 nitrogen and oxygen atoms in total. The fourth-order valence-corrected chi connectivity index (χ4v) is 5.02. The molecule has 0 spiro atoms. The summed E-state index contributed by atoms with van der Waals surface area (Å²) in [5.41, 5.74) is 3.84. The number of nitrogens with zero attached hydrogens (tertiary/aromatic N) is 2. The molecule has 1 N–H and O–H groups in total. The van der Waals surface area contributed by atoms with E-state index in [1.807, 2.05) is 6.07 Å². The summed E-state index contributed by atoms with van der Waals surface area (Å²) in [6.07, 6.45) is 8.42. The van der Waals surface area contributed by atoms with E-state index in [-0.39, 0.29) is 23.1 Å². The van der Waals surface area contributed by atoms with Crippen LogP contribution in [-0.2, 0) is 4.79 Å². The van der Waals surface area contributed by atoms with Crippen LogP contribution in [0.2, 0.25) is 0 Å². The monoisotopic (exact) mass is 379 g/mol. The van der Waals surface area contributed by atoms with E-state index in [4.69, 9.17) is 0 Å². The molecule has 2 aliphatic rings. The first-order chi connectivity index (χ1) is 13.4. The number of hydrogen-bond donors (Lipinski definition) is 1. The topological polar surface area (TPSA) is 56.1 Å². The lowest BCUT2D eigenvalue weighted by molar-refractivity contribution is -0.117. The maximum Gasteiger partial charge on any atom is 0.262 e. The van der Waals surface area contributed by atoms with Gasteiger partial charge in [-0.2, -0.15) is 5.26 Å². The molecule has 1 saturated carbocycles. The van der Waals surface area contributed by atoms with Gasteiger partial charge in [-0.05, 0) is 75.3 Å². The number of hydrogen-bond acceptors (Lipinski definition) is 3. The van der Waals surface area contributed by atoms with Crippen molar-refractivity contribution in [1.29, 1.82) is 5.26 Å². The number of nitriles is 1. The quantitative estimate of drug-likeness (QED) is 0.581. The Hall–Kier alpha value is -2.28. The van der Waals surface area contributed by atoms with Gasteiger partial charge < -0.3 is 10.2 Å². The minimum absolute atomic E-state index is 0.135. The fraction of sp³-hybridized carbons (Fsp3) is 0.583. The lowest BCUT2D eigenvalue weighted by Gasteiger charge is -2.47. The highest BCUT2D eigenvalue weighted by Crippen LogP contribution is 2.43. The average Bonchev–Trinajstić information content (AvgIpc) is 2.66. The smallest absolute Gasteiger partial charge is 0.262 e. The van der Waals surface area contributed by atoms with Crippen LogP contribution in [0.15, 0.2) is 23.8 Å². The van der Waals surface area contributed by atoms with E-state index >= 15 is 0 Å². The van der Waals surface area contributed by atoms with E-state index in [0.29, 0.717) is 5.92 Å². The van der Waals surface area contributed by atoms with E-state index < -0.39 is 0 Å². The Morgan fingerprint density at radius 3 is 2.68 bits per heavy atom. The number of fused-ring (bicyclic) bond motifs is 1. The van der Waals surface area contributed by atoms with Crippen LogP contribution in [0, 0.1) is 11.3 Å². The van der Waals surface area contributed by atoms with Crippen molar-refractivity contribution in [2.24, 2.45) is 0 Å². The predicted octanol–water partition coefficient (Wildman–Crippen LogP) is 5.15. The molecule has 0 saturated heterocycles. The Morgan fingerprint density at radius 1 is 1.32 bits per heavy atom. The molecule has 1 amide bonds. The normalized spacial score (nSPS) is 22.3. The van der Waals surface area contributed by atoms with Crippen molar-refractivity contribution in [3.63, 3.8) is 0 Å². The minimum Gasteiger partial charge on any atom is -0.366 e. The van der Waals surface area contributed by atoms with Crippen molar-refractivity contribution < 1.29 is 4.79 Å². The fourth-order valence-electron chi connectivity index (χ4n) is 5.02. The number of carbonyl (C=O) groups is 1. The van der Waals surface area contributed by atoms with Gasteiger partial charge in [0.05, 0.1) is 0 Å². The van der Waals surface area contributed by atoms with E-state index in [1.165, 1.54) is 17.7 Å². The summed E-state index contributed by atoms with van der Waals surface area (Å²) in [7, 11) is 0. The van der Waals surface area contributed by atoms with Crippen LogP contribution >= 0.6 is 0 Å². The Labute approximate surface area is 169 Å². The van der Waals surface area contributed by atoms with Crippen molar-refractivity contribution in [1.82, 2.24) is 5.32 Å². The summed E-state index contributed by atoms with van der Waals surface area (Å²) in [6.45, 7) is 10.0. The maximum absolute atomic E-state index is 12.6. The number of benzene rings is 1. The molecular weight excluding hydrogens is 346 g/mol. The zero-order valence-corrected chi connectivity index (χ0v) is 17.7. The van der Waals surface area contributed by atoms with Crippen LogP contribution in [0.25, 0.3) is 6.08 Å². The molecular formula is C24H33N3O. The highest BCUT2D eigenvalue weighted by molar-refractivity contribution is 6.01. The summed E-state index contributed by atoms with van der Waals surface area (Å²) < 4.78 is 0. The first-order valence-corrected chi connectivity index (χ1v) is 10.7. The summed E-state index contributed by atoms with van der Waals surface area (Å²) in [4.78, 5) is 15.0. The largest absolute Gasteiger partial charge is 0.366 e. The first-order valence-electron chi connectivity index (χ1n) is 10.7. The zero-order chi connectivity index (χ0) is 20.3. The van der Waals surface area contributed by atoms with Crippen LogP contribution in [0.5, 0.6) is 0 Å². The van der Waals surface area contributed by atoms with Crippen molar-refractivity contribution >= 4 is 17.7 Å². The van der Waals surface area contributed by atoms with Gasteiger partial charge in [-0.1, -0.05) is 32.3 Å². The second-order valence-corrected chi connectivity index (χ2v) is 8.96. The Balaban J connectivity index is 1.84. The third-order valence-corrected chi connectivity index (χ3v) is 6.34. The third-order valence-electron chi connectivity index (χ3n) is 6.34. The molecule has 0 aromatic heterocycles. The van der Waals surface area contributed by atoms with Crippen molar-refractivity contribution in [3.8, 4) is 6.07 Å². The molecule has 1 aliphatic heterocycles. The second kappa shape index (κ2) is 8.39.